The molecule has 1 atom stereocenters. The van der Waals surface area contributed by atoms with E-state index in [0.717, 1.165) is 39.4 Å². The van der Waals surface area contributed by atoms with Gasteiger partial charge in [-0.05, 0) is 20.3 Å². The van der Waals surface area contributed by atoms with Gasteiger partial charge in [0.2, 0.25) is 0 Å². The van der Waals surface area contributed by atoms with Crippen molar-refractivity contribution in [3.8, 4) is 0 Å². The number of carbonyl (C=O) groups is 1. The molecule has 0 saturated carbocycles. The second-order valence-corrected chi connectivity index (χ2v) is 7.55. The van der Waals surface area contributed by atoms with E-state index in [9.17, 15) is 4.79 Å². The van der Waals surface area contributed by atoms with Crippen molar-refractivity contribution >= 4 is 38.8 Å². The third kappa shape index (κ3) is 2.09. The minimum atomic E-state index is -0.140. The summed E-state index contributed by atoms with van der Waals surface area (Å²) in [7, 11) is 0. The van der Waals surface area contributed by atoms with Crippen molar-refractivity contribution in [3.63, 3.8) is 0 Å². The second kappa shape index (κ2) is 3.91. The minimum absolute atomic E-state index is 0.140. The topological polar surface area (TPSA) is 20.3 Å². The number of Topliss-reactive ketones (excluding diaryl/α,β-unsaturated/α-hetero) is 1. The SMILES string of the molecule is CCC(C)(C(C)=O)[N]([AlH2])[AlH2]. The highest BCUT2D eigenvalue weighted by Gasteiger charge is 2.27. The Balaban J connectivity index is 4.38. The van der Waals surface area contributed by atoms with Gasteiger partial charge in [-0.1, -0.05) is 6.92 Å². The lowest BCUT2D eigenvalue weighted by Crippen LogP contribution is -2.48. The summed E-state index contributed by atoms with van der Waals surface area (Å²) in [6.07, 6.45) is 0.940. The number of rotatable bonds is 3. The molecule has 0 aliphatic heterocycles. The monoisotopic (exact) mass is 171 g/mol. The van der Waals surface area contributed by atoms with Gasteiger partial charge in [-0.25, -0.2) is 0 Å². The van der Waals surface area contributed by atoms with Gasteiger partial charge in [0.15, 0.2) is 0 Å². The van der Waals surface area contributed by atoms with E-state index in [0.29, 0.717) is 5.78 Å². The van der Waals surface area contributed by atoms with Gasteiger partial charge < -0.3 is 2.87 Å². The van der Waals surface area contributed by atoms with Crippen molar-refractivity contribution in [1.82, 2.24) is 2.87 Å². The Morgan fingerprint density at radius 2 is 2.00 bits per heavy atom. The smallest absolute Gasteiger partial charge is 0.299 e. The van der Waals surface area contributed by atoms with Crippen LogP contribution in [0.25, 0.3) is 0 Å². The van der Waals surface area contributed by atoms with Gasteiger partial charge >= 0.3 is 0 Å². The Morgan fingerprint density at radius 1 is 1.60 bits per heavy atom. The van der Waals surface area contributed by atoms with Crippen LogP contribution in [0, 0.1) is 0 Å². The molecule has 0 heterocycles. The molecule has 4 heteroatoms. The highest BCUT2D eigenvalue weighted by atomic mass is 27.1. The predicted molar refractivity (Wildman–Crippen MR) is 48.3 cm³/mol. The van der Waals surface area contributed by atoms with Crippen LogP contribution >= 0.6 is 0 Å². The first-order valence-electron chi connectivity index (χ1n) is 3.63. The maximum atomic E-state index is 11.1. The minimum Gasteiger partial charge on any atom is -0.471 e. The molecular weight excluding hydrogens is 156 g/mol. The van der Waals surface area contributed by atoms with Crippen molar-refractivity contribution in [2.75, 3.05) is 0 Å². The maximum Gasteiger partial charge on any atom is 0.299 e. The summed E-state index contributed by atoms with van der Waals surface area (Å²) in [4.78, 5) is 11.1. The third-order valence-electron chi connectivity index (χ3n) is 2.43. The molecule has 0 bridgehead atoms. The normalized spacial score (nSPS) is 16.8. The van der Waals surface area contributed by atoms with Crippen molar-refractivity contribution in [2.24, 2.45) is 0 Å². The molecule has 0 saturated heterocycles. The molecule has 1 unspecified atom stereocenters. The first kappa shape index (κ1) is 10.7. The van der Waals surface area contributed by atoms with Gasteiger partial charge in [0.1, 0.15) is 5.78 Å². The summed E-state index contributed by atoms with van der Waals surface area (Å²) in [5, 5.41) is 0. The van der Waals surface area contributed by atoms with Crippen LogP contribution in [0.15, 0.2) is 0 Å². The van der Waals surface area contributed by atoms with E-state index in [1.165, 1.54) is 0 Å². The molecule has 0 aliphatic rings. The zero-order chi connectivity index (χ0) is 8.36. The fraction of sp³-hybridized carbons (Fsp3) is 0.833. The van der Waals surface area contributed by atoms with E-state index in [1.54, 1.807) is 6.92 Å². The van der Waals surface area contributed by atoms with Crippen molar-refractivity contribution in [3.05, 3.63) is 0 Å². The number of hydrogen-bond acceptors (Lipinski definition) is 2. The average Bonchev–Trinajstić information content (AvgIpc) is 1.85. The van der Waals surface area contributed by atoms with Gasteiger partial charge in [-0.15, -0.1) is 0 Å². The molecule has 0 spiro atoms. The lowest BCUT2D eigenvalue weighted by Gasteiger charge is -2.35. The molecule has 0 aromatic carbocycles. The van der Waals surface area contributed by atoms with E-state index < -0.39 is 0 Å². The number of nitrogens with zero attached hydrogens (tertiary/aromatic N) is 1. The van der Waals surface area contributed by atoms with Crippen LogP contribution in [-0.2, 0) is 4.79 Å². The second-order valence-electron chi connectivity index (χ2n) is 3.08. The summed E-state index contributed by atoms with van der Waals surface area (Å²) in [5.41, 5.74) is -0.140. The fourth-order valence-electron chi connectivity index (χ4n) is 0.880. The summed E-state index contributed by atoms with van der Waals surface area (Å²) >= 11 is 2.02. The van der Waals surface area contributed by atoms with Gasteiger partial charge in [0, 0.05) is 5.54 Å². The molecule has 0 aromatic rings. The maximum absolute atomic E-state index is 11.1. The van der Waals surface area contributed by atoms with E-state index in [-0.39, 0.29) is 5.54 Å². The van der Waals surface area contributed by atoms with Gasteiger partial charge in [0.25, 0.3) is 33.0 Å². The summed E-state index contributed by atoms with van der Waals surface area (Å²) in [6.45, 7) is 5.80. The van der Waals surface area contributed by atoms with Gasteiger partial charge in [-0.3, -0.25) is 4.79 Å². The van der Waals surface area contributed by atoms with Crippen molar-refractivity contribution < 1.29 is 4.79 Å². The molecule has 2 nitrogen and oxygen atoms in total. The molecule has 10 heavy (non-hydrogen) atoms. The summed E-state index contributed by atoms with van der Waals surface area (Å²) < 4.78 is 2.25. The molecule has 0 radical (unpaired) electrons. The molecule has 56 valence electrons. The van der Waals surface area contributed by atoms with Crippen LogP contribution < -0.4 is 0 Å². The Morgan fingerprint density at radius 3 is 2.00 bits per heavy atom. The Hall–Kier alpha value is 0.695. The number of hydrogen-bond donors (Lipinski definition) is 0. The van der Waals surface area contributed by atoms with Crippen LogP contribution in [0.1, 0.15) is 27.2 Å². The Labute approximate surface area is 79.2 Å². The molecular formula is C6H15Al2NO. The van der Waals surface area contributed by atoms with E-state index in [2.05, 4.69) is 9.79 Å². The largest absolute Gasteiger partial charge is 0.471 e. The van der Waals surface area contributed by atoms with Crippen LogP contribution in [0.5, 0.6) is 0 Å². The van der Waals surface area contributed by atoms with E-state index in [1.807, 2.05) is 6.92 Å². The summed E-state index contributed by atoms with van der Waals surface area (Å²) in [6, 6.07) is 0. The van der Waals surface area contributed by atoms with Crippen LogP contribution in [0.3, 0.4) is 0 Å². The molecule has 0 N–H and O–H groups in total. The molecule has 0 rings (SSSR count). The van der Waals surface area contributed by atoms with Crippen molar-refractivity contribution in [2.45, 2.75) is 32.7 Å². The zero-order valence-electron chi connectivity index (χ0n) is 7.56. The molecule has 0 amide bonds. The average molecular weight is 171 g/mol. The fourth-order valence-corrected chi connectivity index (χ4v) is 2.14. The third-order valence-corrected chi connectivity index (χ3v) is 4.41. The molecule has 0 aliphatic carbocycles. The summed E-state index contributed by atoms with van der Waals surface area (Å²) in [5.74, 6) is 0.306. The van der Waals surface area contributed by atoms with E-state index >= 15 is 0 Å². The van der Waals surface area contributed by atoms with Gasteiger partial charge in [0.05, 0.1) is 0 Å². The first-order chi connectivity index (χ1) is 4.45. The number of carbonyl (C=O) groups excluding carboxylic acids is 1. The lowest BCUT2D eigenvalue weighted by molar-refractivity contribution is -0.124. The highest BCUT2D eigenvalue weighted by Crippen LogP contribution is 2.15. The standard InChI is InChI=1S/C6H11NO.2Al.4H/c1-4-6(3,7)5(2)8;;;;;;/h4H2,1-3H3;;;;;;. The lowest BCUT2D eigenvalue weighted by atomic mass is 9.96. The van der Waals surface area contributed by atoms with Crippen LogP contribution in [0.2, 0.25) is 0 Å². The Kier molecular flexibility index (Phi) is 4.18. The van der Waals surface area contributed by atoms with Crippen molar-refractivity contribution in [1.29, 1.82) is 0 Å². The predicted octanol–water partition coefficient (Wildman–Crippen LogP) is -0.858. The Bertz CT molecular complexity index is 138. The van der Waals surface area contributed by atoms with Gasteiger partial charge in [-0.2, -0.15) is 0 Å². The van der Waals surface area contributed by atoms with E-state index in [4.69, 9.17) is 0 Å². The molecule has 0 fully saturated rings. The quantitative estimate of drug-likeness (QED) is 0.515. The highest BCUT2D eigenvalue weighted by molar-refractivity contribution is 6.27. The first-order valence-corrected chi connectivity index (χ1v) is 5.42. The molecule has 0 aromatic heterocycles. The zero-order valence-corrected chi connectivity index (χ0v) is 11.6. The number of ketones is 1. The van der Waals surface area contributed by atoms with Crippen LogP contribution in [-0.4, -0.2) is 47.2 Å². The van der Waals surface area contributed by atoms with Crippen LogP contribution in [0.4, 0.5) is 0 Å².